The van der Waals surface area contributed by atoms with E-state index in [0.717, 1.165) is 24.5 Å². The van der Waals surface area contributed by atoms with Gasteiger partial charge >= 0.3 is 0 Å². The molecule has 1 aliphatic heterocycles. The number of thiazole rings is 1. The second-order valence-electron chi connectivity index (χ2n) is 5.51. The Bertz CT molecular complexity index is 458. The van der Waals surface area contributed by atoms with Crippen LogP contribution in [0.5, 0.6) is 0 Å². The quantitative estimate of drug-likeness (QED) is 0.759. The molecule has 3 N–H and O–H groups in total. The molecule has 1 saturated heterocycles. The highest BCUT2D eigenvalue weighted by Gasteiger charge is 2.20. The van der Waals surface area contributed by atoms with Crippen molar-refractivity contribution in [3.05, 3.63) is 16.1 Å². The zero-order chi connectivity index (χ0) is 15.1. The molecule has 1 aromatic heterocycles. The number of carbonyl (C=O) groups excluding carboxylic acids is 1. The number of nitrogens with zero attached hydrogens (tertiary/aromatic N) is 2. The Morgan fingerprint density at radius 3 is 2.96 bits per heavy atom. The molecule has 0 aromatic carbocycles. The fourth-order valence-corrected chi connectivity index (χ4v) is 3.67. The first-order valence-electron chi connectivity index (χ1n) is 7.91. The van der Waals surface area contributed by atoms with Gasteiger partial charge in [-0.15, -0.1) is 36.2 Å². The van der Waals surface area contributed by atoms with Gasteiger partial charge in [0, 0.05) is 30.9 Å². The maximum absolute atomic E-state index is 12.0. The highest BCUT2D eigenvalue weighted by Crippen LogP contribution is 2.18. The van der Waals surface area contributed by atoms with E-state index in [2.05, 4.69) is 22.1 Å². The van der Waals surface area contributed by atoms with Crippen molar-refractivity contribution in [3.63, 3.8) is 0 Å². The summed E-state index contributed by atoms with van der Waals surface area (Å²) >= 11 is 1.51. The smallest absolute Gasteiger partial charge is 0.270 e. The minimum atomic E-state index is -0.0698. The lowest BCUT2D eigenvalue weighted by molar-refractivity contribution is 0.0930. The van der Waals surface area contributed by atoms with E-state index in [-0.39, 0.29) is 30.7 Å². The fraction of sp³-hybridized carbons (Fsp3) is 0.733. The Balaban J connectivity index is 0.00000242. The third kappa shape index (κ3) is 6.93. The number of piperidine rings is 1. The second kappa shape index (κ2) is 12.0. The molecule has 1 atom stereocenters. The lowest BCUT2D eigenvalue weighted by atomic mass is 10.0. The Labute approximate surface area is 155 Å². The number of hydrogen-bond donors (Lipinski definition) is 2. The summed E-state index contributed by atoms with van der Waals surface area (Å²) in [5.74, 6) is -0.0698. The summed E-state index contributed by atoms with van der Waals surface area (Å²) in [6.07, 6.45) is 5.84. The summed E-state index contributed by atoms with van der Waals surface area (Å²) in [5, 5.41) is 5.73. The standard InChI is InChI=1S/C15H26N4OS.2ClH/c1-2-12-5-3-4-9-19(12)10-8-17-15(20)13-11-21-14(18-13)6-7-16;;/h11-12H,2-10,16H2,1H3,(H,17,20);2*1H. The maximum atomic E-state index is 12.0. The molecule has 1 unspecified atom stereocenters. The Kier molecular flexibility index (Phi) is 11.8. The van der Waals surface area contributed by atoms with Gasteiger partial charge in [-0.1, -0.05) is 13.3 Å². The van der Waals surface area contributed by atoms with Crippen LogP contribution in [-0.4, -0.2) is 48.0 Å². The minimum Gasteiger partial charge on any atom is -0.349 e. The number of rotatable bonds is 7. The van der Waals surface area contributed by atoms with Crippen molar-refractivity contribution in [1.29, 1.82) is 0 Å². The summed E-state index contributed by atoms with van der Waals surface area (Å²) in [6.45, 7) is 5.60. The van der Waals surface area contributed by atoms with Crippen molar-refractivity contribution in [3.8, 4) is 0 Å². The molecule has 1 aromatic rings. The van der Waals surface area contributed by atoms with Crippen LogP contribution >= 0.6 is 36.2 Å². The van der Waals surface area contributed by atoms with E-state index in [1.54, 1.807) is 0 Å². The maximum Gasteiger partial charge on any atom is 0.270 e. The van der Waals surface area contributed by atoms with E-state index in [0.29, 0.717) is 24.8 Å². The van der Waals surface area contributed by atoms with Gasteiger partial charge in [0.1, 0.15) is 5.69 Å². The van der Waals surface area contributed by atoms with E-state index in [9.17, 15) is 4.79 Å². The number of likely N-dealkylation sites (tertiary alicyclic amines) is 1. The number of amides is 1. The normalized spacial score (nSPS) is 17.9. The van der Waals surface area contributed by atoms with Gasteiger partial charge in [0.2, 0.25) is 0 Å². The first-order chi connectivity index (χ1) is 10.2. The molecule has 1 aliphatic rings. The highest BCUT2D eigenvalue weighted by molar-refractivity contribution is 7.09. The van der Waals surface area contributed by atoms with Gasteiger partial charge in [-0.25, -0.2) is 4.98 Å². The summed E-state index contributed by atoms with van der Waals surface area (Å²) in [7, 11) is 0. The number of nitrogens with two attached hydrogens (primary N) is 1. The van der Waals surface area contributed by atoms with E-state index >= 15 is 0 Å². The van der Waals surface area contributed by atoms with Crippen LogP contribution < -0.4 is 11.1 Å². The molecule has 8 heteroatoms. The van der Waals surface area contributed by atoms with Crippen LogP contribution in [0, 0.1) is 0 Å². The third-order valence-corrected chi connectivity index (χ3v) is 4.96. The molecule has 23 heavy (non-hydrogen) atoms. The lowest BCUT2D eigenvalue weighted by Crippen LogP contribution is -2.43. The highest BCUT2D eigenvalue weighted by atomic mass is 35.5. The first kappa shape index (κ1) is 22.6. The average Bonchev–Trinajstić information content (AvgIpc) is 2.97. The van der Waals surface area contributed by atoms with Crippen molar-refractivity contribution >= 4 is 42.1 Å². The Morgan fingerprint density at radius 2 is 2.26 bits per heavy atom. The molecule has 2 heterocycles. The van der Waals surface area contributed by atoms with E-state index in [1.807, 2.05) is 5.38 Å². The fourth-order valence-electron chi connectivity index (χ4n) is 2.87. The molecule has 5 nitrogen and oxygen atoms in total. The second-order valence-corrected chi connectivity index (χ2v) is 6.46. The number of nitrogens with one attached hydrogen (secondary N) is 1. The molecule has 0 saturated carbocycles. The number of halogens is 2. The van der Waals surface area contributed by atoms with Crippen LogP contribution in [0.3, 0.4) is 0 Å². The van der Waals surface area contributed by atoms with E-state index in [4.69, 9.17) is 5.73 Å². The molecule has 0 aliphatic carbocycles. The number of hydrogen-bond acceptors (Lipinski definition) is 5. The predicted octanol–water partition coefficient (Wildman–Crippen LogP) is 2.48. The zero-order valence-electron chi connectivity index (χ0n) is 13.6. The van der Waals surface area contributed by atoms with Crippen LogP contribution in [-0.2, 0) is 6.42 Å². The average molecular weight is 383 g/mol. The van der Waals surface area contributed by atoms with Crippen LogP contribution in [0.15, 0.2) is 5.38 Å². The zero-order valence-corrected chi connectivity index (χ0v) is 16.1. The molecular formula is C15H28Cl2N4OS. The molecule has 1 amide bonds. The summed E-state index contributed by atoms with van der Waals surface area (Å²) in [5.41, 5.74) is 6.02. The Hall–Kier alpha value is -0.400. The van der Waals surface area contributed by atoms with E-state index in [1.165, 1.54) is 37.0 Å². The number of aromatic nitrogens is 1. The monoisotopic (exact) mass is 382 g/mol. The lowest BCUT2D eigenvalue weighted by Gasteiger charge is -2.35. The van der Waals surface area contributed by atoms with E-state index < -0.39 is 0 Å². The van der Waals surface area contributed by atoms with Crippen LogP contribution in [0.25, 0.3) is 0 Å². The topological polar surface area (TPSA) is 71.2 Å². The SMILES string of the molecule is CCC1CCCCN1CCNC(=O)c1csc(CCN)n1.Cl.Cl. The van der Waals surface area contributed by atoms with Gasteiger partial charge in [0.25, 0.3) is 5.91 Å². The van der Waals surface area contributed by atoms with Gasteiger partial charge in [0.15, 0.2) is 0 Å². The summed E-state index contributed by atoms with van der Waals surface area (Å²) in [4.78, 5) is 18.9. The first-order valence-corrected chi connectivity index (χ1v) is 8.79. The molecular weight excluding hydrogens is 355 g/mol. The van der Waals surface area contributed by atoms with Crippen molar-refractivity contribution in [2.45, 2.75) is 45.1 Å². The van der Waals surface area contributed by atoms with Crippen molar-refractivity contribution in [2.75, 3.05) is 26.2 Å². The molecule has 1 fully saturated rings. The van der Waals surface area contributed by atoms with Crippen molar-refractivity contribution in [2.24, 2.45) is 5.73 Å². The van der Waals surface area contributed by atoms with Gasteiger partial charge in [-0.05, 0) is 32.4 Å². The number of carbonyl (C=O) groups is 1. The predicted molar refractivity (Wildman–Crippen MR) is 101 cm³/mol. The molecule has 0 radical (unpaired) electrons. The molecule has 2 rings (SSSR count). The Morgan fingerprint density at radius 1 is 1.48 bits per heavy atom. The van der Waals surface area contributed by atoms with Gasteiger partial charge in [-0.2, -0.15) is 0 Å². The van der Waals surface area contributed by atoms with Crippen molar-refractivity contribution < 1.29 is 4.79 Å². The minimum absolute atomic E-state index is 0. The molecule has 0 bridgehead atoms. The van der Waals surface area contributed by atoms with Gasteiger partial charge in [-0.3, -0.25) is 9.69 Å². The summed E-state index contributed by atoms with van der Waals surface area (Å²) in [6, 6.07) is 0.686. The van der Waals surface area contributed by atoms with Crippen molar-refractivity contribution in [1.82, 2.24) is 15.2 Å². The van der Waals surface area contributed by atoms with Crippen LogP contribution in [0.2, 0.25) is 0 Å². The largest absolute Gasteiger partial charge is 0.349 e. The van der Waals surface area contributed by atoms with Crippen LogP contribution in [0.4, 0.5) is 0 Å². The third-order valence-electron chi connectivity index (χ3n) is 4.05. The molecule has 0 spiro atoms. The van der Waals surface area contributed by atoms with Gasteiger partial charge < -0.3 is 11.1 Å². The van der Waals surface area contributed by atoms with Gasteiger partial charge in [0.05, 0.1) is 5.01 Å². The molecule has 134 valence electrons. The summed E-state index contributed by atoms with van der Waals surface area (Å²) < 4.78 is 0. The van der Waals surface area contributed by atoms with Crippen LogP contribution in [0.1, 0.15) is 48.1 Å².